The maximum absolute atomic E-state index is 5.92. The summed E-state index contributed by atoms with van der Waals surface area (Å²) in [6.07, 6.45) is 3.47. The van der Waals surface area contributed by atoms with Crippen molar-refractivity contribution < 1.29 is 9.47 Å². The van der Waals surface area contributed by atoms with E-state index in [0.717, 1.165) is 43.7 Å². The van der Waals surface area contributed by atoms with Gasteiger partial charge in [0.1, 0.15) is 5.75 Å². The molecule has 3 N–H and O–H groups in total. The van der Waals surface area contributed by atoms with Gasteiger partial charge in [0.15, 0.2) is 5.96 Å². The highest BCUT2D eigenvalue weighted by Gasteiger charge is 2.14. The molecule has 0 aliphatic carbocycles. The fourth-order valence-corrected chi connectivity index (χ4v) is 2.39. The van der Waals surface area contributed by atoms with E-state index in [1.807, 2.05) is 0 Å². The fourth-order valence-electron chi connectivity index (χ4n) is 2.39. The first kappa shape index (κ1) is 20.0. The van der Waals surface area contributed by atoms with Gasteiger partial charge < -0.3 is 20.5 Å². The van der Waals surface area contributed by atoms with Gasteiger partial charge in [-0.1, -0.05) is 19.1 Å². The van der Waals surface area contributed by atoms with Gasteiger partial charge in [0, 0.05) is 18.7 Å². The number of rotatable bonds is 7. The molecule has 130 valence electrons. The second kappa shape index (κ2) is 10.7. The first-order chi connectivity index (χ1) is 10.7. The summed E-state index contributed by atoms with van der Waals surface area (Å²) in [4.78, 5) is 4.40. The van der Waals surface area contributed by atoms with Crippen molar-refractivity contribution in [1.82, 2.24) is 5.32 Å². The third-order valence-electron chi connectivity index (χ3n) is 3.64. The lowest BCUT2D eigenvalue weighted by Gasteiger charge is -2.12. The molecule has 1 aromatic rings. The summed E-state index contributed by atoms with van der Waals surface area (Å²) < 4.78 is 11.3. The van der Waals surface area contributed by atoms with Crippen LogP contribution in [0.5, 0.6) is 5.75 Å². The number of hydrogen-bond donors (Lipinski definition) is 2. The minimum atomic E-state index is 0. The van der Waals surface area contributed by atoms with Crippen LogP contribution in [0.4, 0.5) is 0 Å². The summed E-state index contributed by atoms with van der Waals surface area (Å²) in [5, 5.41) is 3.13. The van der Waals surface area contributed by atoms with Gasteiger partial charge in [-0.3, -0.25) is 0 Å². The van der Waals surface area contributed by atoms with Crippen molar-refractivity contribution in [3.8, 4) is 5.75 Å². The van der Waals surface area contributed by atoms with Gasteiger partial charge in [-0.05, 0) is 37.8 Å². The molecule has 1 saturated heterocycles. The van der Waals surface area contributed by atoms with Crippen LogP contribution in [0.1, 0.15) is 37.3 Å². The van der Waals surface area contributed by atoms with E-state index in [1.54, 1.807) is 0 Å². The number of guanidine groups is 1. The molecule has 6 heteroatoms. The van der Waals surface area contributed by atoms with Crippen LogP contribution in [0.3, 0.4) is 0 Å². The molecule has 1 unspecified atom stereocenters. The Hall–Kier alpha value is -1.02. The van der Waals surface area contributed by atoms with Gasteiger partial charge in [-0.15, -0.1) is 24.0 Å². The number of nitrogens with one attached hydrogen (secondary N) is 1. The van der Waals surface area contributed by atoms with Crippen LogP contribution in [0, 0.1) is 6.92 Å². The van der Waals surface area contributed by atoms with Crippen LogP contribution < -0.4 is 15.8 Å². The Kier molecular flexibility index (Phi) is 9.31. The van der Waals surface area contributed by atoms with E-state index in [0.29, 0.717) is 19.1 Å². The van der Waals surface area contributed by atoms with E-state index in [9.17, 15) is 0 Å². The average Bonchev–Trinajstić information content (AvgIpc) is 3.03. The number of hydrogen-bond acceptors (Lipinski definition) is 3. The Labute approximate surface area is 156 Å². The van der Waals surface area contributed by atoms with E-state index >= 15 is 0 Å². The second-order valence-corrected chi connectivity index (χ2v) is 5.68. The maximum atomic E-state index is 5.92. The summed E-state index contributed by atoms with van der Waals surface area (Å²) in [6.45, 7) is 6.97. The summed E-state index contributed by atoms with van der Waals surface area (Å²) in [5.41, 5.74) is 8.16. The molecular weight excluding hydrogens is 405 g/mol. The van der Waals surface area contributed by atoms with Crippen LogP contribution in [0.2, 0.25) is 0 Å². The molecule has 0 radical (unpaired) electrons. The molecular formula is C17H28IN3O2. The molecule has 1 aliphatic heterocycles. The van der Waals surface area contributed by atoms with E-state index in [1.165, 1.54) is 5.56 Å². The van der Waals surface area contributed by atoms with Crippen molar-refractivity contribution in [3.63, 3.8) is 0 Å². The largest absolute Gasteiger partial charge is 0.493 e. The standard InChI is InChI=1S/C17H27N3O2.HI/c1-3-8-22-16-10-13(2)6-7-14(16)11-19-17(18)20-12-15-5-4-9-21-15;/h6-7,10,15H,3-5,8-9,11-12H2,1-2H3,(H3,18,19,20);1H. The number of aliphatic imine (C=N–C) groups is 1. The summed E-state index contributed by atoms with van der Waals surface area (Å²) in [6, 6.07) is 6.17. The van der Waals surface area contributed by atoms with E-state index < -0.39 is 0 Å². The van der Waals surface area contributed by atoms with Gasteiger partial charge in [0.2, 0.25) is 0 Å². The van der Waals surface area contributed by atoms with E-state index in [4.69, 9.17) is 15.2 Å². The van der Waals surface area contributed by atoms with Crippen LogP contribution in [0.25, 0.3) is 0 Å². The Morgan fingerprint density at radius 2 is 2.30 bits per heavy atom. The van der Waals surface area contributed by atoms with Gasteiger partial charge in [-0.2, -0.15) is 0 Å². The van der Waals surface area contributed by atoms with Gasteiger partial charge in [0.25, 0.3) is 0 Å². The van der Waals surface area contributed by atoms with Crippen LogP contribution >= 0.6 is 24.0 Å². The second-order valence-electron chi connectivity index (χ2n) is 5.68. The first-order valence-electron chi connectivity index (χ1n) is 8.06. The number of benzene rings is 1. The van der Waals surface area contributed by atoms with Crippen molar-refractivity contribution in [2.24, 2.45) is 10.7 Å². The molecule has 1 aliphatic rings. The third kappa shape index (κ3) is 6.95. The maximum Gasteiger partial charge on any atom is 0.189 e. The molecule has 0 aromatic heterocycles. The molecule has 0 amide bonds. The van der Waals surface area contributed by atoms with Crippen LogP contribution in [-0.2, 0) is 11.3 Å². The number of halogens is 1. The van der Waals surface area contributed by atoms with Crippen molar-refractivity contribution in [3.05, 3.63) is 29.3 Å². The smallest absolute Gasteiger partial charge is 0.189 e. The van der Waals surface area contributed by atoms with E-state index in [-0.39, 0.29) is 30.1 Å². The minimum absolute atomic E-state index is 0. The van der Waals surface area contributed by atoms with Crippen LogP contribution in [-0.4, -0.2) is 31.8 Å². The Morgan fingerprint density at radius 1 is 1.48 bits per heavy atom. The first-order valence-corrected chi connectivity index (χ1v) is 8.06. The Morgan fingerprint density at radius 3 is 3.00 bits per heavy atom. The highest BCUT2D eigenvalue weighted by molar-refractivity contribution is 14.0. The zero-order valence-electron chi connectivity index (χ0n) is 14.0. The number of nitrogens with zero attached hydrogens (tertiary/aromatic N) is 1. The molecule has 1 heterocycles. The summed E-state index contributed by atoms with van der Waals surface area (Å²) in [5.74, 6) is 1.36. The third-order valence-corrected chi connectivity index (χ3v) is 3.64. The summed E-state index contributed by atoms with van der Waals surface area (Å²) in [7, 11) is 0. The quantitative estimate of drug-likeness (QED) is 0.394. The van der Waals surface area contributed by atoms with Crippen molar-refractivity contribution in [2.75, 3.05) is 19.8 Å². The molecule has 1 aromatic carbocycles. The van der Waals surface area contributed by atoms with E-state index in [2.05, 4.69) is 42.4 Å². The molecule has 0 bridgehead atoms. The van der Waals surface area contributed by atoms with Gasteiger partial charge in [-0.25, -0.2) is 4.99 Å². The zero-order valence-corrected chi connectivity index (χ0v) is 16.3. The topological polar surface area (TPSA) is 68.9 Å². The molecule has 1 fully saturated rings. The molecule has 1 atom stereocenters. The normalized spacial score (nSPS) is 17.7. The predicted molar refractivity (Wildman–Crippen MR) is 105 cm³/mol. The molecule has 0 spiro atoms. The highest BCUT2D eigenvalue weighted by Crippen LogP contribution is 2.21. The Balaban J connectivity index is 0.00000264. The Bertz CT molecular complexity index is 503. The fraction of sp³-hybridized carbons (Fsp3) is 0.588. The van der Waals surface area contributed by atoms with Crippen molar-refractivity contribution >= 4 is 29.9 Å². The number of nitrogens with two attached hydrogens (primary N) is 1. The molecule has 0 saturated carbocycles. The average molecular weight is 433 g/mol. The number of aryl methyl sites for hydroxylation is 1. The zero-order chi connectivity index (χ0) is 15.8. The predicted octanol–water partition coefficient (Wildman–Crippen LogP) is 2.99. The van der Waals surface area contributed by atoms with Crippen molar-refractivity contribution in [1.29, 1.82) is 0 Å². The van der Waals surface area contributed by atoms with Gasteiger partial charge in [0.05, 0.1) is 19.3 Å². The highest BCUT2D eigenvalue weighted by atomic mass is 127. The molecule has 5 nitrogen and oxygen atoms in total. The van der Waals surface area contributed by atoms with Crippen molar-refractivity contribution in [2.45, 2.75) is 45.8 Å². The lowest BCUT2D eigenvalue weighted by Crippen LogP contribution is -2.37. The summed E-state index contributed by atoms with van der Waals surface area (Å²) >= 11 is 0. The minimum Gasteiger partial charge on any atom is -0.493 e. The lowest BCUT2D eigenvalue weighted by molar-refractivity contribution is 0.114. The molecule has 2 rings (SSSR count). The van der Waals surface area contributed by atoms with Gasteiger partial charge >= 0.3 is 0 Å². The SMILES string of the molecule is CCCOc1cc(C)ccc1CN=C(N)NCC1CCCO1.I. The monoisotopic (exact) mass is 433 g/mol. The van der Waals surface area contributed by atoms with Crippen LogP contribution in [0.15, 0.2) is 23.2 Å². The lowest BCUT2D eigenvalue weighted by atomic mass is 10.1. The molecule has 23 heavy (non-hydrogen) atoms. The number of ether oxygens (including phenoxy) is 2.